The largest absolute Gasteiger partial charge is 0.393 e. The van der Waals surface area contributed by atoms with E-state index >= 15 is 0 Å². The second kappa shape index (κ2) is 5.50. The number of hydrogen-bond donors (Lipinski definition) is 2. The third-order valence-corrected chi connectivity index (χ3v) is 8.30. The van der Waals surface area contributed by atoms with Crippen LogP contribution in [0.2, 0.25) is 0 Å². The summed E-state index contributed by atoms with van der Waals surface area (Å²) < 4.78 is 0. The first-order valence-corrected chi connectivity index (χ1v) is 9.80. The van der Waals surface area contributed by atoms with Crippen LogP contribution in [-0.4, -0.2) is 34.0 Å². The van der Waals surface area contributed by atoms with Crippen molar-refractivity contribution in [3.05, 3.63) is 11.6 Å². The molecular weight excluding hydrogens is 316 g/mol. The number of allylic oxidation sites excluding steroid dienone is 1. The minimum Gasteiger partial charge on any atom is -0.393 e. The number of carbonyl (C=O) groups is 2. The maximum Gasteiger partial charge on any atom is 0.159 e. The summed E-state index contributed by atoms with van der Waals surface area (Å²) in [6.07, 6.45) is 5.32. The molecule has 0 bridgehead atoms. The molecule has 0 aliphatic heterocycles. The third-order valence-electron chi connectivity index (χ3n) is 8.30. The Morgan fingerprint density at radius 1 is 1.12 bits per heavy atom. The van der Waals surface area contributed by atoms with Gasteiger partial charge in [-0.1, -0.05) is 19.4 Å². The van der Waals surface area contributed by atoms with Crippen LogP contribution < -0.4 is 0 Å². The fraction of sp³-hybridized carbons (Fsp3) is 0.810. The van der Waals surface area contributed by atoms with E-state index in [1.165, 1.54) is 0 Å². The number of aliphatic hydroxyl groups excluding tert-OH is 2. The maximum absolute atomic E-state index is 12.9. The van der Waals surface area contributed by atoms with Crippen LogP contribution >= 0.6 is 0 Å². The van der Waals surface area contributed by atoms with E-state index in [9.17, 15) is 19.8 Å². The summed E-state index contributed by atoms with van der Waals surface area (Å²) >= 11 is 0. The Morgan fingerprint density at radius 2 is 1.84 bits per heavy atom. The van der Waals surface area contributed by atoms with Crippen molar-refractivity contribution in [2.24, 2.45) is 34.5 Å². The topological polar surface area (TPSA) is 74.6 Å². The van der Waals surface area contributed by atoms with E-state index in [4.69, 9.17) is 0 Å². The second-order valence-corrected chi connectivity index (χ2v) is 9.58. The summed E-state index contributed by atoms with van der Waals surface area (Å²) in [7, 11) is 0. The molecule has 4 rings (SSSR count). The Bertz CT molecular complexity index is 652. The van der Waals surface area contributed by atoms with Gasteiger partial charge in [-0.3, -0.25) is 9.59 Å². The zero-order valence-corrected chi connectivity index (χ0v) is 15.5. The van der Waals surface area contributed by atoms with Gasteiger partial charge in [0.1, 0.15) is 5.78 Å². The molecule has 3 saturated carbocycles. The third kappa shape index (κ3) is 2.26. The first-order chi connectivity index (χ1) is 11.7. The molecule has 0 aromatic heterocycles. The van der Waals surface area contributed by atoms with Gasteiger partial charge in [-0.25, -0.2) is 0 Å². The van der Waals surface area contributed by atoms with Crippen molar-refractivity contribution in [1.29, 1.82) is 0 Å². The Hall–Kier alpha value is -1.00. The fourth-order valence-electron chi connectivity index (χ4n) is 7.14. The van der Waals surface area contributed by atoms with Crippen LogP contribution in [0, 0.1) is 34.5 Å². The van der Waals surface area contributed by atoms with Gasteiger partial charge in [0.2, 0.25) is 0 Å². The molecule has 0 heterocycles. The van der Waals surface area contributed by atoms with Gasteiger partial charge in [0.25, 0.3) is 0 Å². The number of carbonyl (C=O) groups excluding carboxylic acids is 2. The highest BCUT2D eigenvalue weighted by Gasteiger charge is 2.62. The molecule has 8 atom stereocenters. The molecule has 138 valence electrons. The summed E-state index contributed by atoms with van der Waals surface area (Å²) in [5, 5.41) is 21.2. The van der Waals surface area contributed by atoms with Crippen molar-refractivity contribution in [3.63, 3.8) is 0 Å². The van der Waals surface area contributed by atoms with Crippen LogP contribution in [0.4, 0.5) is 0 Å². The van der Waals surface area contributed by atoms with Crippen LogP contribution in [-0.2, 0) is 9.59 Å². The molecule has 4 aliphatic carbocycles. The van der Waals surface area contributed by atoms with Crippen LogP contribution in [0.15, 0.2) is 11.6 Å². The van der Waals surface area contributed by atoms with Crippen molar-refractivity contribution in [2.75, 3.05) is 0 Å². The molecule has 0 saturated heterocycles. The van der Waals surface area contributed by atoms with Gasteiger partial charge in [0.05, 0.1) is 12.2 Å². The van der Waals surface area contributed by atoms with Gasteiger partial charge >= 0.3 is 0 Å². The van der Waals surface area contributed by atoms with Gasteiger partial charge in [0, 0.05) is 17.8 Å². The first-order valence-electron chi connectivity index (χ1n) is 9.80. The van der Waals surface area contributed by atoms with Crippen molar-refractivity contribution < 1.29 is 19.8 Å². The minimum atomic E-state index is -0.511. The summed E-state index contributed by atoms with van der Waals surface area (Å²) in [4.78, 5) is 25.1. The predicted molar refractivity (Wildman–Crippen MR) is 93.7 cm³/mol. The maximum atomic E-state index is 12.9. The van der Waals surface area contributed by atoms with E-state index in [1.807, 2.05) is 0 Å². The summed E-state index contributed by atoms with van der Waals surface area (Å²) in [5.74, 6) is 0.352. The Kier molecular flexibility index (Phi) is 3.83. The molecule has 0 aromatic rings. The van der Waals surface area contributed by atoms with Crippen molar-refractivity contribution in [1.82, 2.24) is 0 Å². The summed E-state index contributed by atoms with van der Waals surface area (Å²) in [6, 6.07) is 0. The monoisotopic (exact) mass is 346 g/mol. The molecule has 4 nitrogen and oxygen atoms in total. The molecule has 4 aliphatic rings. The molecule has 2 N–H and O–H groups in total. The van der Waals surface area contributed by atoms with Crippen LogP contribution in [0.1, 0.15) is 59.3 Å². The summed E-state index contributed by atoms with van der Waals surface area (Å²) in [6.45, 7) is 5.94. The highest BCUT2D eigenvalue weighted by molar-refractivity contribution is 5.94. The first kappa shape index (κ1) is 17.4. The van der Waals surface area contributed by atoms with E-state index in [0.717, 1.165) is 24.8 Å². The average Bonchev–Trinajstić information content (AvgIpc) is 2.85. The summed E-state index contributed by atoms with van der Waals surface area (Å²) in [5.41, 5.74) is 0.603. The van der Waals surface area contributed by atoms with E-state index in [0.29, 0.717) is 19.3 Å². The van der Waals surface area contributed by atoms with Crippen molar-refractivity contribution in [3.8, 4) is 0 Å². The number of aliphatic hydroxyl groups is 2. The number of Topliss-reactive ketones (excluding diaryl/α,β-unsaturated/α-hetero) is 1. The Morgan fingerprint density at radius 3 is 2.52 bits per heavy atom. The van der Waals surface area contributed by atoms with E-state index < -0.39 is 12.2 Å². The standard InChI is InChI=1S/C21H30O4/c1-11(22)14-4-5-15-13-9-17(24)16-8-12(23)6-7-20(16,2)19(13)18(25)10-21(14,15)3/h9,12,14-16,18-19,23,25H,4-8,10H2,1-3H3/t12-,14-,15+,16-,18-,19-,20+,21-/m1/s1. The van der Waals surface area contributed by atoms with Crippen molar-refractivity contribution in [2.45, 2.75) is 71.5 Å². The quantitative estimate of drug-likeness (QED) is 0.765. The zero-order valence-electron chi connectivity index (χ0n) is 15.5. The molecule has 0 radical (unpaired) electrons. The molecule has 3 fully saturated rings. The van der Waals surface area contributed by atoms with Crippen LogP contribution in [0.25, 0.3) is 0 Å². The van der Waals surface area contributed by atoms with Gasteiger partial charge < -0.3 is 10.2 Å². The van der Waals surface area contributed by atoms with Crippen molar-refractivity contribution >= 4 is 11.6 Å². The zero-order chi connectivity index (χ0) is 18.1. The lowest BCUT2D eigenvalue weighted by molar-refractivity contribution is -0.141. The number of hydrogen-bond acceptors (Lipinski definition) is 4. The number of fused-ring (bicyclic) bond motifs is 5. The van der Waals surface area contributed by atoms with E-state index in [2.05, 4.69) is 13.8 Å². The van der Waals surface area contributed by atoms with Gasteiger partial charge in [0.15, 0.2) is 5.78 Å². The lowest BCUT2D eigenvalue weighted by Gasteiger charge is -2.58. The van der Waals surface area contributed by atoms with Gasteiger partial charge in [-0.15, -0.1) is 0 Å². The normalized spacial score (nSPS) is 52.0. The molecular formula is C21H30O4. The van der Waals surface area contributed by atoms with Crippen LogP contribution in [0.3, 0.4) is 0 Å². The Balaban J connectivity index is 1.79. The highest BCUT2D eigenvalue weighted by atomic mass is 16.3. The SMILES string of the molecule is CC(=O)[C@H]1CC[C@H]2C3=CC(=O)[C@H]4C[C@H](O)CC[C@]4(C)[C@H]3[C@H](O)C[C@]12C. The molecule has 0 spiro atoms. The number of ketones is 2. The fourth-order valence-corrected chi connectivity index (χ4v) is 7.14. The molecule has 4 heteroatoms. The van der Waals surface area contributed by atoms with Crippen LogP contribution in [0.5, 0.6) is 0 Å². The average molecular weight is 346 g/mol. The van der Waals surface area contributed by atoms with Gasteiger partial charge in [-0.2, -0.15) is 0 Å². The molecule has 25 heavy (non-hydrogen) atoms. The molecule has 0 amide bonds. The molecule has 0 aromatic carbocycles. The van der Waals surface area contributed by atoms with E-state index in [1.54, 1.807) is 13.0 Å². The minimum absolute atomic E-state index is 0.00789. The Labute approximate surface area is 149 Å². The lowest BCUT2D eigenvalue weighted by atomic mass is 9.47. The smallest absolute Gasteiger partial charge is 0.159 e. The number of rotatable bonds is 1. The van der Waals surface area contributed by atoms with E-state index in [-0.39, 0.29) is 46.1 Å². The predicted octanol–water partition coefficient (Wildman–Crippen LogP) is 2.67. The molecule has 0 unspecified atom stereocenters. The van der Waals surface area contributed by atoms with Gasteiger partial charge in [-0.05, 0) is 68.3 Å². The highest BCUT2D eigenvalue weighted by Crippen LogP contribution is 2.65. The second-order valence-electron chi connectivity index (χ2n) is 9.58. The lowest BCUT2D eigenvalue weighted by Crippen LogP contribution is -2.57.